The Balaban J connectivity index is 0.000000202. The molecule has 0 saturated carbocycles. The molecule has 5 N–H and O–H groups in total. The molecule has 448 valence electrons. The first kappa shape index (κ1) is 61.1. The first-order chi connectivity index (χ1) is 40.1. The van der Waals surface area contributed by atoms with Crippen molar-refractivity contribution in [2.75, 3.05) is 62.2 Å². The van der Waals surface area contributed by atoms with Crippen LogP contribution < -0.4 is 20.9 Å². The van der Waals surface area contributed by atoms with Crippen molar-refractivity contribution in [3.05, 3.63) is 120 Å². The normalized spacial score (nSPS) is 19.1. The molecule has 4 aliphatic rings. The minimum absolute atomic E-state index is 0.0421. The van der Waals surface area contributed by atoms with Crippen molar-refractivity contribution in [1.82, 2.24) is 34.2 Å². The van der Waals surface area contributed by atoms with Gasteiger partial charge >= 0.3 is 6.09 Å². The molecule has 3 amide bonds. The fourth-order valence-electron chi connectivity index (χ4n) is 12.7. The Morgan fingerprint density at radius 2 is 1.04 bits per heavy atom. The van der Waals surface area contributed by atoms with Gasteiger partial charge in [0.15, 0.2) is 0 Å². The number of aromatic nitrogens is 4. The molecule has 4 aromatic carbocycles. The van der Waals surface area contributed by atoms with Crippen molar-refractivity contribution >= 4 is 51.3 Å². The summed E-state index contributed by atoms with van der Waals surface area (Å²) in [6.45, 7) is 18.2. The summed E-state index contributed by atoms with van der Waals surface area (Å²) in [5.41, 5.74) is 14.8. The van der Waals surface area contributed by atoms with E-state index < -0.39 is 17.7 Å². The number of nitrogens with two attached hydrogens (primary N) is 1. The Bertz CT molecular complexity index is 3030. The molecule has 4 fully saturated rings. The molecule has 10 rings (SSSR count). The lowest BCUT2D eigenvalue weighted by atomic mass is 9.95. The summed E-state index contributed by atoms with van der Waals surface area (Å²) in [5.74, 6) is 2.84. The molecule has 83 heavy (non-hydrogen) atoms. The number of rotatable bonds is 19. The summed E-state index contributed by atoms with van der Waals surface area (Å²) in [6, 6.07) is 33.0. The molecule has 4 aliphatic heterocycles. The van der Waals surface area contributed by atoms with E-state index in [2.05, 4.69) is 123 Å². The minimum atomic E-state index is -0.633. The van der Waals surface area contributed by atoms with Crippen LogP contribution in [0.3, 0.4) is 0 Å². The molecule has 16 heteroatoms. The van der Waals surface area contributed by atoms with Crippen LogP contribution in [0.15, 0.2) is 97.1 Å². The quantitative estimate of drug-likeness (QED) is 0.0604. The smallest absolute Gasteiger partial charge is 0.407 e. The average Bonchev–Trinajstić information content (AvgIpc) is 4.16. The maximum absolute atomic E-state index is 13.8. The number of hydrogen-bond donors (Lipinski definition) is 4. The predicted octanol–water partition coefficient (Wildman–Crippen LogP) is 10.5. The number of unbranched alkanes of at least 4 members (excludes halogenated alkanes) is 2. The van der Waals surface area contributed by atoms with Crippen LogP contribution >= 0.6 is 0 Å². The Morgan fingerprint density at radius 3 is 1.48 bits per heavy atom. The summed E-state index contributed by atoms with van der Waals surface area (Å²) in [6.07, 6.45) is 12.5. The molecule has 0 unspecified atom stereocenters. The highest BCUT2D eigenvalue weighted by Gasteiger charge is 2.32. The Morgan fingerprint density at radius 1 is 0.602 bits per heavy atom. The van der Waals surface area contributed by atoms with Crippen molar-refractivity contribution in [3.63, 3.8) is 0 Å². The molecule has 0 bridgehead atoms. The number of aryl methyl sites for hydroxylation is 2. The first-order valence-corrected chi connectivity index (χ1v) is 31.4. The van der Waals surface area contributed by atoms with E-state index in [1.807, 2.05) is 42.7 Å². The Labute approximate surface area is 492 Å². The number of carbonyl (C=O) groups excluding carboxylic acids is 3. The molecular weight excluding hydrogens is 1040 g/mol. The van der Waals surface area contributed by atoms with Crippen molar-refractivity contribution in [2.24, 2.45) is 5.73 Å². The van der Waals surface area contributed by atoms with E-state index >= 15 is 0 Å². The van der Waals surface area contributed by atoms with Gasteiger partial charge in [0.1, 0.15) is 17.2 Å². The number of benzene rings is 4. The molecular formula is C67H94N10O6. The van der Waals surface area contributed by atoms with Crippen molar-refractivity contribution in [2.45, 2.75) is 192 Å². The highest BCUT2D eigenvalue weighted by atomic mass is 16.6. The number of nitrogens with one attached hydrogen (secondary N) is 1. The number of hydrogen-bond acceptors (Lipinski definition) is 11. The van der Waals surface area contributed by atoms with Gasteiger partial charge in [-0.15, -0.1) is 0 Å². The van der Waals surface area contributed by atoms with Crippen molar-refractivity contribution in [3.8, 4) is 0 Å². The van der Waals surface area contributed by atoms with Crippen LogP contribution in [-0.4, -0.2) is 139 Å². The van der Waals surface area contributed by atoms with Gasteiger partial charge < -0.3 is 54.7 Å². The van der Waals surface area contributed by atoms with Crippen LogP contribution in [0.25, 0.3) is 22.1 Å². The number of anilines is 2. The lowest BCUT2D eigenvalue weighted by Crippen LogP contribution is -2.46. The molecule has 6 aromatic rings. The number of para-hydroxylation sites is 4. The van der Waals surface area contributed by atoms with E-state index in [1.54, 1.807) is 0 Å². The molecule has 0 aliphatic carbocycles. The van der Waals surface area contributed by atoms with E-state index in [0.717, 1.165) is 174 Å². The SMILES string of the molecule is CCCCn1c([C@@H]2CCCN(C(=O)C[C@@H](Cc3ccc(N4CCC(O)CC4)cc3)NC(=O)OC(C)(C)C)C2)nc2ccccc21.CCCCn1c([C@@H]2CCCN(C(=O)C[C@H](N)Cc3ccc(N4CCC(O)CC4)cc3)C2)nc2ccccc21. The number of fused-ring (bicyclic) bond motifs is 2. The van der Waals surface area contributed by atoms with E-state index in [1.165, 1.54) is 11.2 Å². The standard InChI is InChI=1S/C36H51N5O4.C31H43N5O2/c1-5-6-20-41-32-12-8-7-11-31(32)38-34(41)27-10-9-19-40(25-27)33(43)24-28(37-35(44)45-36(2,3)4)23-26-13-15-29(16-14-26)39-21-17-30(42)18-22-39;1-2-3-17-36-29-9-5-4-8-28(29)33-31(36)24-7-6-16-35(22-24)30(38)21-25(32)20-23-10-12-26(13-11-23)34-18-14-27(37)15-19-34/h7-8,11-16,27-28,30,42H,5-6,9-10,17-25H2,1-4H3,(H,37,44);4-5,8-13,24-25,27,37H,2-3,6-7,14-22,32H2,1H3/t27-,28-;24-,25-/m11/s1. The second-order valence-electron chi connectivity index (χ2n) is 25.0. The topological polar surface area (TPSA) is 188 Å². The fraction of sp³-hybridized carbons (Fsp3) is 0.567. The van der Waals surface area contributed by atoms with Crippen molar-refractivity contribution in [1.29, 1.82) is 0 Å². The van der Waals surface area contributed by atoms with Gasteiger partial charge in [0, 0.05) is 114 Å². The predicted molar refractivity (Wildman–Crippen MR) is 332 cm³/mol. The Hall–Kier alpha value is -6.49. The number of ether oxygens (including phenoxy) is 1. The summed E-state index contributed by atoms with van der Waals surface area (Å²) >= 11 is 0. The molecule has 4 saturated heterocycles. The minimum Gasteiger partial charge on any atom is -0.444 e. The lowest BCUT2D eigenvalue weighted by molar-refractivity contribution is -0.133. The van der Waals surface area contributed by atoms with E-state index in [9.17, 15) is 24.6 Å². The average molecular weight is 1140 g/mol. The number of imidazole rings is 2. The van der Waals surface area contributed by atoms with E-state index in [0.29, 0.717) is 32.4 Å². The van der Waals surface area contributed by atoms with Crippen LogP contribution in [0, 0.1) is 0 Å². The van der Waals surface area contributed by atoms with Gasteiger partial charge in [-0.3, -0.25) is 9.59 Å². The van der Waals surface area contributed by atoms with Gasteiger partial charge in [-0.1, -0.05) is 75.2 Å². The van der Waals surface area contributed by atoms with Gasteiger partial charge in [0.05, 0.1) is 34.3 Å². The number of nitrogens with zero attached hydrogens (tertiary/aromatic N) is 8. The third kappa shape index (κ3) is 16.7. The second kappa shape index (κ2) is 28.9. The molecule has 0 spiro atoms. The zero-order valence-electron chi connectivity index (χ0n) is 50.3. The highest BCUT2D eigenvalue weighted by molar-refractivity contribution is 5.80. The van der Waals surface area contributed by atoms with Crippen molar-refractivity contribution < 1.29 is 29.3 Å². The number of amides is 3. The summed E-state index contributed by atoms with van der Waals surface area (Å²) < 4.78 is 10.3. The van der Waals surface area contributed by atoms with E-state index in [4.69, 9.17) is 20.4 Å². The number of piperidine rings is 4. The molecule has 16 nitrogen and oxygen atoms in total. The second-order valence-corrected chi connectivity index (χ2v) is 25.0. The Kier molecular flexibility index (Phi) is 21.2. The molecule has 2 aromatic heterocycles. The number of alkyl carbamates (subject to hydrolysis) is 1. The zero-order chi connectivity index (χ0) is 58.5. The number of carbonyl (C=O) groups is 3. The van der Waals surface area contributed by atoms with Crippen LogP contribution in [0.4, 0.5) is 16.2 Å². The van der Waals surface area contributed by atoms with Gasteiger partial charge in [0.25, 0.3) is 0 Å². The number of aliphatic hydroxyl groups is 2. The van der Waals surface area contributed by atoms with Gasteiger partial charge in [0.2, 0.25) is 11.8 Å². The number of aliphatic hydroxyl groups excluding tert-OH is 2. The van der Waals surface area contributed by atoms with Gasteiger partial charge in [-0.2, -0.15) is 0 Å². The highest BCUT2D eigenvalue weighted by Crippen LogP contribution is 2.33. The first-order valence-electron chi connectivity index (χ1n) is 31.4. The van der Waals surface area contributed by atoms with Gasteiger partial charge in [-0.25, -0.2) is 14.8 Å². The van der Waals surface area contributed by atoms with Crippen LogP contribution in [0.5, 0.6) is 0 Å². The van der Waals surface area contributed by atoms with Crippen LogP contribution in [-0.2, 0) is 40.3 Å². The van der Waals surface area contributed by atoms with E-state index in [-0.39, 0.29) is 48.3 Å². The molecule has 4 atom stereocenters. The monoisotopic (exact) mass is 1130 g/mol. The fourth-order valence-corrected chi connectivity index (χ4v) is 12.7. The number of likely N-dealkylation sites (tertiary alicyclic amines) is 2. The van der Waals surface area contributed by atoms with Crippen LogP contribution in [0.2, 0.25) is 0 Å². The summed E-state index contributed by atoms with van der Waals surface area (Å²) in [4.78, 5) is 58.7. The van der Waals surface area contributed by atoms with Crippen LogP contribution in [0.1, 0.15) is 159 Å². The lowest BCUT2D eigenvalue weighted by Gasteiger charge is -2.34. The largest absolute Gasteiger partial charge is 0.444 e. The maximum Gasteiger partial charge on any atom is 0.407 e. The third-order valence-corrected chi connectivity index (χ3v) is 17.2. The summed E-state index contributed by atoms with van der Waals surface area (Å²) in [7, 11) is 0. The summed E-state index contributed by atoms with van der Waals surface area (Å²) in [5, 5.41) is 22.6. The maximum atomic E-state index is 13.8. The zero-order valence-corrected chi connectivity index (χ0v) is 50.3. The molecule has 0 radical (unpaired) electrons. The van der Waals surface area contributed by atoms with Gasteiger partial charge in [-0.05, 0) is 157 Å². The molecule has 6 heterocycles. The third-order valence-electron chi connectivity index (χ3n) is 17.2.